The van der Waals surface area contributed by atoms with Gasteiger partial charge in [-0.3, -0.25) is 4.79 Å². The maximum atomic E-state index is 13.5. The van der Waals surface area contributed by atoms with E-state index < -0.39 is 0 Å². The van der Waals surface area contributed by atoms with Crippen molar-refractivity contribution in [2.24, 2.45) is 5.92 Å². The first-order valence-electron chi connectivity index (χ1n) is 11.5. The lowest BCUT2D eigenvalue weighted by Gasteiger charge is -2.37. The van der Waals surface area contributed by atoms with Gasteiger partial charge in [0.25, 0.3) is 0 Å². The summed E-state index contributed by atoms with van der Waals surface area (Å²) >= 11 is 0. The molecule has 1 amide bonds. The van der Waals surface area contributed by atoms with Gasteiger partial charge < -0.3 is 9.80 Å². The van der Waals surface area contributed by atoms with Crippen molar-refractivity contribution in [3.05, 3.63) is 58.9 Å². The molecule has 4 heterocycles. The van der Waals surface area contributed by atoms with Crippen molar-refractivity contribution in [3.8, 4) is 5.82 Å². The summed E-state index contributed by atoms with van der Waals surface area (Å²) in [6, 6.07) is 12.4. The molecule has 1 saturated heterocycles. The van der Waals surface area contributed by atoms with Gasteiger partial charge >= 0.3 is 0 Å². The molecule has 0 radical (unpaired) electrons. The van der Waals surface area contributed by atoms with Crippen LogP contribution in [0.4, 0.5) is 11.5 Å². The number of hydrogen-bond donors (Lipinski definition) is 0. The minimum atomic E-state index is -0.0199. The molecule has 0 saturated carbocycles. The summed E-state index contributed by atoms with van der Waals surface area (Å²) in [5, 5.41) is 13.4. The van der Waals surface area contributed by atoms with Gasteiger partial charge in [-0.15, -0.1) is 10.2 Å². The molecule has 1 aromatic carbocycles. The van der Waals surface area contributed by atoms with Crippen molar-refractivity contribution in [3.63, 3.8) is 0 Å². The molecule has 3 aromatic rings. The molecule has 7 heteroatoms. The predicted octanol–water partition coefficient (Wildman–Crippen LogP) is 3.78. The third-order valence-corrected chi connectivity index (χ3v) is 6.58. The van der Waals surface area contributed by atoms with E-state index in [0.29, 0.717) is 12.4 Å². The van der Waals surface area contributed by atoms with Gasteiger partial charge in [0.15, 0.2) is 11.6 Å². The molecule has 5 rings (SSSR count). The number of amides is 1. The van der Waals surface area contributed by atoms with Crippen LogP contribution in [0.25, 0.3) is 5.82 Å². The number of benzene rings is 1. The quantitative estimate of drug-likeness (QED) is 0.633. The molecule has 166 valence electrons. The lowest BCUT2D eigenvalue weighted by molar-refractivity contribution is -0.122. The Labute approximate surface area is 189 Å². The zero-order valence-corrected chi connectivity index (χ0v) is 19.1. The Bertz CT molecular complexity index is 1140. The summed E-state index contributed by atoms with van der Waals surface area (Å²) < 4.78 is 1.81. The van der Waals surface area contributed by atoms with Crippen molar-refractivity contribution in [2.45, 2.75) is 46.5 Å². The number of aromatic nitrogens is 4. The highest BCUT2D eigenvalue weighted by Gasteiger charge is 2.32. The molecule has 1 unspecified atom stereocenters. The molecule has 2 aliphatic rings. The van der Waals surface area contributed by atoms with Gasteiger partial charge in [0.2, 0.25) is 5.91 Å². The number of carbonyl (C=O) groups excluding carboxylic acids is 1. The van der Waals surface area contributed by atoms with E-state index in [4.69, 9.17) is 0 Å². The highest BCUT2D eigenvalue weighted by molar-refractivity contribution is 5.96. The number of piperidine rings is 1. The molecular weight excluding hydrogens is 400 g/mol. The lowest BCUT2D eigenvalue weighted by Crippen LogP contribution is -2.46. The van der Waals surface area contributed by atoms with Gasteiger partial charge in [0, 0.05) is 31.0 Å². The Morgan fingerprint density at radius 2 is 1.78 bits per heavy atom. The van der Waals surface area contributed by atoms with Crippen molar-refractivity contribution in [1.29, 1.82) is 0 Å². The van der Waals surface area contributed by atoms with Gasteiger partial charge in [-0.05, 0) is 76.3 Å². The third kappa shape index (κ3) is 3.87. The van der Waals surface area contributed by atoms with Crippen LogP contribution in [0.5, 0.6) is 0 Å². The summed E-state index contributed by atoms with van der Waals surface area (Å²) in [5.74, 6) is 1.76. The normalized spacial score (nSPS) is 18.5. The molecule has 7 nitrogen and oxygen atoms in total. The minimum absolute atomic E-state index is 0.0199. The standard InChI is InChI=1S/C25H30N6O/c1-17-8-9-22-20(14-17)6-5-13-30(22)25(32)21-7-4-12-29(16-21)23-10-11-24(27-26-23)31-19(3)15-18(2)28-31/h8-11,14-15,21H,4-7,12-13,16H2,1-3H3. The van der Waals surface area contributed by atoms with Gasteiger partial charge in [-0.2, -0.15) is 5.10 Å². The maximum absolute atomic E-state index is 13.5. The topological polar surface area (TPSA) is 67.2 Å². The van der Waals surface area contributed by atoms with Crippen LogP contribution in [0, 0.1) is 26.7 Å². The Balaban J connectivity index is 1.32. The smallest absolute Gasteiger partial charge is 0.231 e. The number of rotatable bonds is 3. The molecule has 2 aliphatic heterocycles. The van der Waals surface area contributed by atoms with E-state index in [1.165, 1.54) is 11.1 Å². The van der Waals surface area contributed by atoms with Gasteiger partial charge in [-0.25, -0.2) is 4.68 Å². The fourth-order valence-corrected chi connectivity index (χ4v) is 5.02. The molecule has 2 aromatic heterocycles. The Kier molecular flexibility index (Phi) is 5.41. The number of fused-ring (bicyclic) bond motifs is 1. The van der Waals surface area contributed by atoms with E-state index in [1.54, 1.807) is 0 Å². The maximum Gasteiger partial charge on any atom is 0.231 e. The number of anilines is 2. The van der Waals surface area contributed by atoms with E-state index in [0.717, 1.165) is 61.7 Å². The van der Waals surface area contributed by atoms with Crippen molar-refractivity contribution >= 4 is 17.4 Å². The molecule has 0 N–H and O–H groups in total. The predicted molar refractivity (Wildman–Crippen MR) is 125 cm³/mol. The SMILES string of the molecule is Cc1ccc2c(c1)CCCN2C(=O)C1CCCN(c2ccc(-n3nc(C)cc3C)nn2)C1. The Morgan fingerprint density at radius 3 is 2.53 bits per heavy atom. The van der Waals surface area contributed by atoms with Crippen LogP contribution in [-0.2, 0) is 11.2 Å². The largest absolute Gasteiger partial charge is 0.354 e. The van der Waals surface area contributed by atoms with Crippen molar-refractivity contribution in [2.75, 3.05) is 29.4 Å². The molecule has 0 aliphatic carbocycles. The number of carbonyl (C=O) groups is 1. The first-order chi connectivity index (χ1) is 15.5. The summed E-state index contributed by atoms with van der Waals surface area (Å²) in [6.07, 6.45) is 3.98. The first kappa shape index (κ1) is 20.7. The zero-order valence-electron chi connectivity index (χ0n) is 19.1. The number of nitrogens with zero attached hydrogens (tertiary/aromatic N) is 6. The fourth-order valence-electron chi connectivity index (χ4n) is 5.02. The number of aryl methyl sites for hydroxylation is 4. The third-order valence-electron chi connectivity index (χ3n) is 6.58. The van der Waals surface area contributed by atoms with Crippen LogP contribution >= 0.6 is 0 Å². The van der Waals surface area contributed by atoms with E-state index in [2.05, 4.69) is 45.3 Å². The summed E-state index contributed by atoms with van der Waals surface area (Å²) in [4.78, 5) is 17.7. The van der Waals surface area contributed by atoms with Gasteiger partial charge in [0.1, 0.15) is 0 Å². The van der Waals surface area contributed by atoms with E-state index in [1.807, 2.05) is 41.6 Å². The number of hydrogen-bond acceptors (Lipinski definition) is 5. The average Bonchev–Trinajstić information content (AvgIpc) is 3.16. The van der Waals surface area contributed by atoms with Crippen molar-refractivity contribution < 1.29 is 4.79 Å². The summed E-state index contributed by atoms with van der Waals surface area (Å²) in [6.45, 7) is 8.48. The first-order valence-corrected chi connectivity index (χ1v) is 11.5. The monoisotopic (exact) mass is 430 g/mol. The highest BCUT2D eigenvalue weighted by atomic mass is 16.2. The summed E-state index contributed by atoms with van der Waals surface area (Å²) in [5.41, 5.74) is 5.63. The molecule has 32 heavy (non-hydrogen) atoms. The molecule has 0 spiro atoms. The molecule has 1 atom stereocenters. The Morgan fingerprint density at radius 1 is 0.969 bits per heavy atom. The van der Waals surface area contributed by atoms with Gasteiger partial charge in [0.05, 0.1) is 11.6 Å². The average molecular weight is 431 g/mol. The second-order valence-corrected chi connectivity index (χ2v) is 9.10. The van der Waals surface area contributed by atoms with Crippen LogP contribution in [0.15, 0.2) is 36.4 Å². The van der Waals surface area contributed by atoms with Crippen LogP contribution in [-0.4, -0.2) is 45.5 Å². The highest BCUT2D eigenvalue weighted by Crippen LogP contribution is 2.31. The van der Waals surface area contributed by atoms with Crippen LogP contribution in [0.1, 0.15) is 41.8 Å². The Hall–Kier alpha value is -3.22. The second kappa shape index (κ2) is 8.37. The molecule has 1 fully saturated rings. The van der Waals surface area contributed by atoms with Crippen LogP contribution in [0.3, 0.4) is 0 Å². The summed E-state index contributed by atoms with van der Waals surface area (Å²) in [7, 11) is 0. The van der Waals surface area contributed by atoms with E-state index in [-0.39, 0.29) is 11.8 Å². The van der Waals surface area contributed by atoms with E-state index in [9.17, 15) is 4.79 Å². The van der Waals surface area contributed by atoms with Crippen LogP contribution in [0.2, 0.25) is 0 Å². The molecular formula is C25H30N6O. The minimum Gasteiger partial charge on any atom is -0.354 e. The van der Waals surface area contributed by atoms with Crippen LogP contribution < -0.4 is 9.80 Å². The van der Waals surface area contributed by atoms with Crippen molar-refractivity contribution in [1.82, 2.24) is 20.0 Å². The fraction of sp³-hybridized carbons (Fsp3) is 0.440. The lowest BCUT2D eigenvalue weighted by atomic mass is 9.93. The van der Waals surface area contributed by atoms with Gasteiger partial charge in [-0.1, -0.05) is 17.7 Å². The van der Waals surface area contributed by atoms with E-state index >= 15 is 0 Å². The second-order valence-electron chi connectivity index (χ2n) is 9.10. The molecule has 0 bridgehead atoms. The zero-order chi connectivity index (χ0) is 22.2.